The van der Waals surface area contributed by atoms with E-state index in [9.17, 15) is 14.4 Å². The smallest absolute Gasteiger partial charge is 0.253 e. The summed E-state index contributed by atoms with van der Waals surface area (Å²) in [6.07, 6.45) is 4.31. The average molecular weight is 602 g/mol. The number of benzene rings is 2. The molecule has 0 saturated heterocycles. The molecule has 0 N–H and O–H groups in total. The van der Waals surface area contributed by atoms with E-state index in [1.165, 1.54) is 0 Å². The zero-order valence-corrected chi connectivity index (χ0v) is 26.6. The summed E-state index contributed by atoms with van der Waals surface area (Å²) in [6, 6.07) is 16.7. The number of ether oxygens (including phenoxy) is 2. The van der Waals surface area contributed by atoms with Crippen LogP contribution in [0.25, 0.3) is 0 Å². The highest BCUT2D eigenvalue weighted by molar-refractivity contribution is 6.20. The van der Waals surface area contributed by atoms with Crippen LogP contribution < -0.4 is 19.3 Å². The Morgan fingerprint density at radius 1 is 0.932 bits per heavy atom. The first-order valence-electron chi connectivity index (χ1n) is 14.9. The van der Waals surface area contributed by atoms with Crippen LogP contribution in [0.5, 0.6) is 11.5 Å². The molecule has 1 aliphatic heterocycles. The lowest BCUT2D eigenvalue weighted by atomic mass is 9.90. The summed E-state index contributed by atoms with van der Waals surface area (Å²) in [5.74, 6) is 0.759. The maximum atomic E-state index is 13.2. The minimum absolute atomic E-state index is 0.0607. The van der Waals surface area contributed by atoms with Crippen LogP contribution in [0.15, 0.2) is 67.0 Å². The van der Waals surface area contributed by atoms with Crippen molar-refractivity contribution in [3.05, 3.63) is 78.1 Å². The van der Waals surface area contributed by atoms with E-state index in [2.05, 4.69) is 9.88 Å². The van der Waals surface area contributed by atoms with Gasteiger partial charge in [-0.15, -0.1) is 0 Å². The number of amides is 3. The van der Waals surface area contributed by atoms with E-state index in [1.54, 1.807) is 67.2 Å². The monoisotopic (exact) mass is 601 g/mol. The molecule has 10 heteroatoms. The first kappa shape index (κ1) is 32.5. The summed E-state index contributed by atoms with van der Waals surface area (Å²) < 4.78 is 11.4. The van der Waals surface area contributed by atoms with E-state index in [4.69, 9.17) is 9.47 Å². The molecule has 0 fully saturated rings. The van der Waals surface area contributed by atoms with Crippen LogP contribution in [0.4, 0.5) is 11.4 Å². The number of aromatic nitrogens is 1. The molecular weight excluding hydrogens is 558 g/mol. The molecular formula is C34H43N5O5. The summed E-state index contributed by atoms with van der Waals surface area (Å²) >= 11 is 0. The van der Waals surface area contributed by atoms with E-state index in [0.717, 1.165) is 18.5 Å². The lowest BCUT2D eigenvalue weighted by Crippen LogP contribution is -2.47. The number of carbonyl (C=O) groups is 3. The van der Waals surface area contributed by atoms with Gasteiger partial charge in [0.05, 0.1) is 25.1 Å². The van der Waals surface area contributed by atoms with Gasteiger partial charge >= 0.3 is 0 Å². The molecule has 3 aromatic rings. The summed E-state index contributed by atoms with van der Waals surface area (Å²) in [5, 5.41) is 0. The largest absolute Gasteiger partial charge is 0.497 e. The number of pyridine rings is 1. The van der Waals surface area contributed by atoms with Crippen molar-refractivity contribution in [3.8, 4) is 11.5 Å². The van der Waals surface area contributed by atoms with Crippen LogP contribution in [0.2, 0.25) is 0 Å². The molecule has 0 atom stereocenters. The van der Waals surface area contributed by atoms with Gasteiger partial charge in [-0.1, -0.05) is 6.07 Å². The van der Waals surface area contributed by atoms with Crippen LogP contribution >= 0.6 is 0 Å². The third kappa shape index (κ3) is 7.37. The van der Waals surface area contributed by atoms with Crippen LogP contribution in [0, 0.1) is 5.41 Å². The van der Waals surface area contributed by atoms with Gasteiger partial charge in [-0.05, 0) is 75.2 Å². The standard InChI is InChI=1S/C34H43N5O5/c1-7-39-29-13-12-28(23-30(29)37(5)32(41)34(2,3)33(39)42)44-21-9-18-38(24-25-14-16-35-17-15-25)20-19-36(4)31(40)26-10-8-11-27(22-26)43-6/h8,10-17,22-23H,7,9,18-21,24H2,1-6H3. The Labute approximate surface area is 260 Å². The van der Waals surface area contributed by atoms with Crippen molar-refractivity contribution in [3.63, 3.8) is 0 Å². The van der Waals surface area contributed by atoms with Gasteiger partial charge in [-0.3, -0.25) is 24.3 Å². The second kappa shape index (κ2) is 14.4. The van der Waals surface area contributed by atoms with Gasteiger partial charge < -0.3 is 24.2 Å². The van der Waals surface area contributed by atoms with E-state index >= 15 is 0 Å². The minimum Gasteiger partial charge on any atom is -0.497 e. The molecule has 10 nitrogen and oxygen atoms in total. The lowest BCUT2D eigenvalue weighted by Gasteiger charge is -2.27. The van der Waals surface area contributed by atoms with Gasteiger partial charge in [0, 0.05) is 70.8 Å². The van der Waals surface area contributed by atoms with Crippen LogP contribution in [-0.2, 0) is 16.1 Å². The molecule has 3 amide bonds. The van der Waals surface area contributed by atoms with Crippen LogP contribution in [0.3, 0.4) is 0 Å². The fourth-order valence-corrected chi connectivity index (χ4v) is 5.33. The van der Waals surface area contributed by atoms with Crippen LogP contribution in [-0.4, -0.2) is 86.5 Å². The number of hydrogen-bond acceptors (Lipinski definition) is 7. The highest BCUT2D eigenvalue weighted by atomic mass is 16.5. The third-order valence-electron chi connectivity index (χ3n) is 7.99. The number of rotatable bonds is 13. The van der Waals surface area contributed by atoms with Crippen molar-refractivity contribution < 1.29 is 23.9 Å². The van der Waals surface area contributed by atoms with Gasteiger partial charge in [0.25, 0.3) is 5.91 Å². The highest BCUT2D eigenvalue weighted by Crippen LogP contribution is 2.40. The molecule has 1 aliphatic rings. The SMILES string of the molecule is CCN1C(=O)C(C)(C)C(=O)N(C)c2cc(OCCCN(CCN(C)C(=O)c3cccc(OC)c3)Cc3ccncc3)ccc21. The molecule has 0 radical (unpaired) electrons. The van der Waals surface area contributed by atoms with Crippen molar-refractivity contribution in [1.29, 1.82) is 0 Å². The molecule has 0 bridgehead atoms. The number of anilines is 2. The van der Waals surface area contributed by atoms with E-state index < -0.39 is 5.41 Å². The Bertz CT molecular complexity index is 1460. The fourth-order valence-electron chi connectivity index (χ4n) is 5.33. The molecule has 4 rings (SSSR count). The van der Waals surface area contributed by atoms with Crippen molar-refractivity contribution in [1.82, 2.24) is 14.8 Å². The van der Waals surface area contributed by atoms with Crippen LogP contribution in [0.1, 0.15) is 43.1 Å². The number of carbonyl (C=O) groups excluding carboxylic acids is 3. The molecule has 2 aromatic carbocycles. The Morgan fingerprint density at radius 2 is 1.68 bits per heavy atom. The Morgan fingerprint density at radius 3 is 2.39 bits per heavy atom. The zero-order valence-electron chi connectivity index (χ0n) is 26.6. The Balaban J connectivity index is 1.39. The maximum Gasteiger partial charge on any atom is 0.253 e. The summed E-state index contributed by atoms with van der Waals surface area (Å²) in [6.45, 7) is 8.86. The Kier molecular flexibility index (Phi) is 10.6. The highest BCUT2D eigenvalue weighted by Gasteiger charge is 2.45. The number of likely N-dealkylation sites (N-methyl/N-ethyl adjacent to an activating group) is 1. The van der Waals surface area contributed by atoms with Crippen molar-refractivity contribution >= 4 is 29.1 Å². The predicted octanol–water partition coefficient (Wildman–Crippen LogP) is 4.49. The van der Waals surface area contributed by atoms with Gasteiger partial charge in [0.2, 0.25) is 11.8 Å². The maximum absolute atomic E-state index is 13.2. The zero-order chi connectivity index (χ0) is 31.9. The third-order valence-corrected chi connectivity index (χ3v) is 7.99. The quantitative estimate of drug-likeness (QED) is 0.211. The average Bonchev–Trinajstić information content (AvgIpc) is 3.09. The molecule has 0 aliphatic carbocycles. The molecule has 0 saturated carbocycles. The molecule has 2 heterocycles. The summed E-state index contributed by atoms with van der Waals surface area (Å²) in [7, 11) is 5.10. The first-order chi connectivity index (χ1) is 21.1. The molecule has 0 unspecified atom stereocenters. The van der Waals surface area contributed by atoms with Crippen molar-refractivity contribution in [2.45, 2.75) is 33.7 Å². The molecule has 44 heavy (non-hydrogen) atoms. The number of fused-ring (bicyclic) bond motifs is 1. The molecule has 1 aromatic heterocycles. The Hall–Kier alpha value is -4.44. The second-order valence-corrected chi connectivity index (χ2v) is 11.5. The van der Waals surface area contributed by atoms with E-state index in [0.29, 0.717) is 61.2 Å². The summed E-state index contributed by atoms with van der Waals surface area (Å²) in [4.78, 5) is 50.7. The van der Waals surface area contributed by atoms with Gasteiger partial charge in [0.15, 0.2) is 0 Å². The fraction of sp³-hybridized carbons (Fsp3) is 0.412. The van der Waals surface area contributed by atoms with Gasteiger partial charge in [0.1, 0.15) is 16.9 Å². The van der Waals surface area contributed by atoms with E-state index in [1.807, 2.05) is 56.4 Å². The predicted molar refractivity (Wildman–Crippen MR) is 171 cm³/mol. The topological polar surface area (TPSA) is 95.5 Å². The number of nitrogens with zero attached hydrogens (tertiary/aromatic N) is 5. The normalized spacial score (nSPS) is 14.3. The summed E-state index contributed by atoms with van der Waals surface area (Å²) in [5.41, 5.74) is 1.91. The number of methoxy groups -OCH3 is 1. The lowest BCUT2D eigenvalue weighted by molar-refractivity contribution is -0.137. The van der Waals surface area contributed by atoms with Gasteiger partial charge in [-0.25, -0.2) is 0 Å². The van der Waals surface area contributed by atoms with Crippen molar-refractivity contribution in [2.24, 2.45) is 5.41 Å². The molecule has 234 valence electrons. The van der Waals surface area contributed by atoms with E-state index in [-0.39, 0.29) is 17.7 Å². The molecule has 0 spiro atoms. The minimum atomic E-state index is -1.16. The first-order valence-corrected chi connectivity index (χ1v) is 14.9. The number of hydrogen-bond donors (Lipinski definition) is 0. The second-order valence-electron chi connectivity index (χ2n) is 11.5. The van der Waals surface area contributed by atoms with Gasteiger partial charge in [-0.2, -0.15) is 0 Å². The van der Waals surface area contributed by atoms with Crippen molar-refractivity contribution in [2.75, 3.05) is 63.8 Å².